The second-order valence-corrected chi connectivity index (χ2v) is 4.42. The van der Waals surface area contributed by atoms with Crippen molar-refractivity contribution in [2.45, 2.75) is 26.8 Å². The van der Waals surface area contributed by atoms with Crippen molar-refractivity contribution in [3.8, 4) is 0 Å². The third-order valence-corrected chi connectivity index (χ3v) is 2.89. The molecule has 1 aromatic carbocycles. The molecule has 3 heteroatoms. The number of benzene rings is 1. The van der Waals surface area contributed by atoms with Gasteiger partial charge < -0.3 is 5.73 Å². The Kier molecular flexibility index (Phi) is 3.20. The minimum absolute atomic E-state index is 0.206. The van der Waals surface area contributed by atoms with E-state index in [0.717, 1.165) is 17.0 Å². The molecule has 88 valence electrons. The number of hydrogen-bond donors (Lipinski definition) is 1. The lowest BCUT2D eigenvalue weighted by Crippen LogP contribution is -2.15. The Morgan fingerprint density at radius 1 is 1.06 bits per heavy atom. The first-order valence-electron chi connectivity index (χ1n) is 5.69. The van der Waals surface area contributed by atoms with Crippen LogP contribution in [0.15, 0.2) is 30.6 Å². The fourth-order valence-electron chi connectivity index (χ4n) is 1.82. The van der Waals surface area contributed by atoms with Crippen molar-refractivity contribution >= 4 is 0 Å². The van der Waals surface area contributed by atoms with Crippen LogP contribution in [0.4, 0.5) is 0 Å². The molecular formula is C14H17N3. The van der Waals surface area contributed by atoms with Gasteiger partial charge >= 0.3 is 0 Å². The van der Waals surface area contributed by atoms with Crippen molar-refractivity contribution in [3.63, 3.8) is 0 Å². The van der Waals surface area contributed by atoms with Gasteiger partial charge in [-0.1, -0.05) is 23.8 Å². The van der Waals surface area contributed by atoms with Crippen LogP contribution in [0.25, 0.3) is 0 Å². The first-order valence-corrected chi connectivity index (χ1v) is 5.69. The zero-order valence-electron chi connectivity index (χ0n) is 10.4. The van der Waals surface area contributed by atoms with Gasteiger partial charge in [0.25, 0.3) is 0 Å². The molecule has 1 atom stereocenters. The normalized spacial score (nSPS) is 12.5. The highest BCUT2D eigenvalue weighted by Crippen LogP contribution is 2.21. The number of aryl methyl sites for hydroxylation is 3. The van der Waals surface area contributed by atoms with Crippen molar-refractivity contribution in [2.24, 2.45) is 5.73 Å². The Morgan fingerprint density at radius 2 is 1.82 bits per heavy atom. The van der Waals surface area contributed by atoms with Crippen LogP contribution in [0, 0.1) is 20.8 Å². The van der Waals surface area contributed by atoms with Gasteiger partial charge in [-0.3, -0.25) is 9.97 Å². The number of rotatable bonds is 2. The Hall–Kier alpha value is -1.74. The molecule has 0 saturated carbocycles. The third kappa shape index (κ3) is 2.50. The Labute approximate surface area is 102 Å². The molecule has 0 spiro atoms. The summed E-state index contributed by atoms with van der Waals surface area (Å²) < 4.78 is 0. The van der Waals surface area contributed by atoms with E-state index in [1.165, 1.54) is 11.1 Å². The van der Waals surface area contributed by atoms with E-state index in [2.05, 4.69) is 42.0 Å². The number of hydrogen-bond acceptors (Lipinski definition) is 3. The maximum atomic E-state index is 6.23. The van der Waals surface area contributed by atoms with Crippen LogP contribution < -0.4 is 5.73 Å². The van der Waals surface area contributed by atoms with Crippen LogP contribution in [-0.4, -0.2) is 9.97 Å². The molecule has 0 bridgehead atoms. The van der Waals surface area contributed by atoms with Gasteiger partial charge in [-0.05, 0) is 31.9 Å². The standard InChI is InChI=1S/C14H17N3/c1-9-4-5-10(2)12(6-9)14(15)13-8-16-11(3)7-17-13/h4-8,14H,15H2,1-3H3. The number of aromatic nitrogens is 2. The molecule has 0 aliphatic rings. The molecule has 0 aliphatic carbocycles. The van der Waals surface area contributed by atoms with E-state index in [1.54, 1.807) is 12.4 Å². The lowest BCUT2D eigenvalue weighted by Gasteiger charge is -2.14. The Balaban J connectivity index is 2.39. The van der Waals surface area contributed by atoms with Crippen LogP contribution >= 0.6 is 0 Å². The van der Waals surface area contributed by atoms with Gasteiger partial charge in [0.05, 0.1) is 23.6 Å². The maximum Gasteiger partial charge on any atom is 0.0799 e. The summed E-state index contributed by atoms with van der Waals surface area (Å²) in [5, 5.41) is 0. The lowest BCUT2D eigenvalue weighted by atomic mass is 9.97. The first kappa shape index (κ1) is 11.7. The summed E-state index contributed by atoms with van der Waals surface area (Å²) in [7, 11) is 0. The van der Waals surface area contributed by atoms with E-state index >= 15 is 0 Å². The van der Waals surface area contributed by atoms with Crippen molar-refractivity contribution < 1.29 is 0 Å². The molecule has 2 aromatic rings. The number of nitrogens with two attached hydrogens (primary N) is 1. The van der Waals surface area contributed by atoms with Gasteiger partial charge in [0.15, 0.2) is 0 Å². The second kappa shape index (κ2) is 4.63. The van der Waals surface area contributed by atoms with Crippen molar-refractivity contribution in [1.29, 1.82) is 0 Å². The largest absolute Gasteiger partial charge is 0.319 e. The van der Waals surface area contributed by atoms with Gasteiger partial charge in [0.2, 0.25) is 0 Å². The zero-order valence-corrected chi connectivity index (χ0v) is 10.4. The SMILES string of the molecule is Cc1ccc(C)c(C(N)c2cnc(C)cn2)c1. The highest BCUT2D eigenvalue weighted by Gasteiger charge is 2.13. The van der Waals surface area contributed by atoms with E-state index in [1.807, 2.05) is 6.92 Å². The molecule has 2 N–H and O–H groups in total. The zero-order chi connectivity index (χ0) is 12.4. The molecule has 17 heavy (non-hydrogen) atoms. The monoisotopic (exact) mass is 227 g/mol. The molecule has 0 saturated heterocycles. The van der Waals surface area contributed by atoms with Crippen LogP contribution in [0.3, 0.4) is 0 Å². The van der Waals surface area contributed by atoms with Crippen LogP contribution in [-0.2, 0) is 0 Å². The van der Waals surface area contributed by atoms with Gasteiger partial charge in [0.1, 0.15) is 0 Å². The van der Waals surface area contributed by atoms with Gasteiger partial charge in [-0.25, -0.2) is 0 Å². The summed E-state index contributed by atoms with van der Waals surface area (Å²) in [5.74, 6) is 0. The maximum absolute atomic E-state index is 6.23. The summed E-state index contributed by atoms with van der Waals surface area (Å²) in [6.45, 7) is 6.05. The highest BCUT2D eigenvalue weighted by molar-refractivity contribution is 5.36. The van der Waals surface area contributed by atoms with E-state index < -0.39 is 0 Å². The quantitative estimate of drug-likeness (QED) is 0.857. The topological polar surface area (TPSA) is 51.8 Å². The van der Waals surface area contributed by atoms with E-state index in [9.17, 15) is 0 Å². The molecule has 0 fully saturated rings. The van der Waals surface area contributed by atoms with Crippen molar-refractivity contribution in [2.75, 3.05) is 0 Å². The fourth-order valence-corrected chi connectivity index (χ4v) is 1.82. The molecule has 2 rings (SSSR count). The minimum atomic E-state index is -0.206. The van der Waals surface area contributed by atoms with E-state index in [0.29, 0.717) is 0 Å². The average molecular weight is 227 g/mol. The van der Waals surface area contributed by atoms with Crippen LogP contribution in [0.1, 0.15) is 34.1 Å². The summed E-state index contributed by atoms with van der Waals surface area (Å²) in [5.41, 5.74) is 11.5. The van der Waals surface area contributed by atoms with Crippen molar-refractivity contribution in [1.82, 2.24) is 9.97 Å². The molecule has 1 aromatic heterocycles. The van der Waals surface area contributed by atoms with Gasteiger partial charge in [-0.15, -0.1) is 0 Å². The van der Waals surface area contributed by atoms with Crippen LogP contribution in [0.2, 0.25) is 0 Å². The number of nitrogens with zero attached hydrogens (tertiary/aromatic N) is 2. The molecule has 0 radical (unpaired) electrons. The van der Waals surface area contributed by atoms with Crippen LogP contribution in [0.5, 0.6) is 0 Å². The molecule has 3 nitrogen and oxygen atoms in total. The fraction of sp³-hybridized carbons (Fsp3) is 0.286. The molecule has 0 amide bonds. The predicted molar refractivity (Wildman–Crippen MR) is 68.7 cm³/mol. The Morgan fingerprint density at radius 3 is 2.47 bits per heavy atom. The third-order valence-electron chi connectivity index (χ3n) is 2.89. The van der Waals surface area contributed by atoms with E-state index in [4.69, 9.17) is 5.73 Å². The minimum Gasteiger partial charge on any atom is -0.319 e. The average Bonchev–Trinajstić information content (AvgIpc) is 2.32. The molecule has 1 heterocycles. The molecular weight excluding hydrogens is 210 g/mol. The van der Waals surface area contributed by atoms with Gasteiger partial charge in [-0.2, -0.15) is 0 Å². The molecule has 1 unspecified atom stereocenters. The van der Waals surface area contributed by atoms with E-state index in [-0.39, 0.29) is 6.04 Å². The summed E-state index contributed by atoms with van der Waals surface area (Å²) in [4.78, 5) is 8.57. The summed E-state index contributed by atoms with van der Waals surface area (Å²) in [6.07, 6.45) is 3.50. The molecule has 0 aliphatic heterocycles. The van der Waals surface area contributed by atoms with Gasteiger partial charge in [0, 0.05) is 6.20 Å². The summed E-state index contributed by atoms with van der Waals surface area (Å²) >= 11 is 0. The predicted octanol–water partition coefficient (Wildman–Crippen LogP) is 2.45. The highest BCUT2D eigenvalue weighted by atomic mass is 14.8. The lowest BCUT2D eigenvalue weighted by molar-refractivity contribution is 0.805. The first-order chi connectivity index (χ1) is 8.08. The van der Waals surface area contributed by atoms with Crippen molar-refractivity contribution in [3.05, 3.63) is 58.7 Å². The second-order valence-electron chi connectivity index (χ2n) is 4.42. The summed E-state index contributed by atoms with van der Waals surface area (Å²) in [6, 6.07) is 6.09. The smallest absolute Gasteiger partial charge is 0.0799 e. The Bertz CT molecular complexity index is 517.